The molecule has 1 atom stereocenters. The summed E-state index contributed by atoms with van der Waals surface area (Å²) < 4.78 is 5.17. The molecule has 6 nitrogen and oxygen atoms in total. The summed E-state index contributed by atoms with van der Waals surface area (Å²) in [5, 5.41) is 19.1. The van der Waals surface area contributed by atoms with Crippen LogP contribution in [0.2, 0.25) is 0 Å². The maximum atomic E-state index is 12.3. The van der Waals surface area contributed by atoms with E-state index in [1.54, 1.807) is 30.3 Å². The van der Waals surface area contributed by atoms with Gasteiger partial charge in [0.15, 0.2) is 0 Å². The molecule has 0 aliphatic rings. The molecule has 0 fully saturated rings. The third kappa shape index (κ3) is 6.89. The van der Waals surface area contributed by atoms with Crippen LogP contribution in [0.1, 0.15) is 58.3 Å². The van der Waals surface area contributed by atoms with Crippen molar-refractivity contribution in [2.24, 2.45) is 5.41 Å². The molecular formula is C21H28O6. The Kier molecular flexibility index (Phi) is 9.26. The normalized spacial score (nSPS) is 12.8. The maximum Gasteiger partial charge on any atom is 0.332 e. The van der Waals surface area contributed by atoms with E-state index in [0.29, 0.717) is 6.42 Å². The molecule has 6 heteroatoms. The second kappa shape index (κ2) is 11.2. The lowest BCUT2D eigenvalue weighted by Crippen LogP contribution is -2.39. The van der Waals surface area contributed by atoms with Crippen molar-refractivity contribution >= 4 is 17.9 Å². The highest BCUT2D eigenvalue weighted by atomic mass is 16.5. The summed E-state index contributed by atoms with van der Waals surface area (Å²) in [6, 6.07) is 8.25. The number of hydrogen-bond donors (Lipinski definition) is 2. The molecule has 1 aromatic carbocycles. The van der Waals surface area contributed by atoms with Crippen LogP contribution in [-0.2, 0) is 14.4 Å². The number of hydrogen-bond acceptors (Lipinski definition) is 4. The number of unbranched alkanes of at least 4 members (excludes halogenated alkanes) is 5. The van der Waals surface area contributed by atoms with Crippen LogP contribution in [0.25, 0.3) is 0 Å². The number of carboxylic acid groups (broad SMARTS) is 2. The van der Waals surface area contributed by atoms with Gasteiger partial charge in [0.2, 0.25) is 0 Å². The molecule has 0 spiro atoms. The highest BCUT2D eigenvalue weighted by Crippen LogP contribution is 2.38. The van der Waals surface area contributed by atoms with E-state index < -0.39 is 35.3 Å². The summed E-state index contributed by atoms with van der Waals surface area (Å²) in [5.74, 6) is -3.30. The SMILES string of the molecule is C=C(C(=O)O)C(CCCCCCCC)(CC(=O)Oc1ccccc1)C(=O)O. The predicted molar refractivity (Wildman–Crippen MR) is 102 cm³/mol. The van der Waals surface area contributed by atoms with Gasteiger partial charge < -0.3 is 14.9 Å². The monoisotopic (exact) mass is 376 g/mol. The van der Waals surface area contributed by atoms with Gasteiger partial charge in [0.25, 0.3) is 0 Å². The van der Waals surface area contributed by atoms with Gasteiger partial charge in [-0.15, -0.1) is 0 Å². The molecule has 0 amide bonds. The molecule has 0 aliphatic carbocycles. The summed E-state index contributed by atoms with van der Waals surface area (Å²) in [5.41, 5.74) is -2.36. The summed E-state index contributed by atoms with van der Waals surface area (Å²) in [7, 11) is 0. The Morgan fingerprint density at radius 3 is 2.15 bits per heavy atom. The van der Waals surface area contributed by atoms with Crippen molar-refractivity contribution in [3.8, 4) is 5.75 Å². The Morgan fingerprint density at radius 1 is 1.00 bits per heavy atom. The van der Waals surface area contributed by atoms with E-state index in [1.165, 1.54) is 0 Å². The van der Waals surface area contributed by atoms with Crippen LogP contribution in [0.3, 0.4) is 0 Å². The van der Waals surface area contributed by atoms with Crippen molar-refractivity contribution in [3.05, 3.63) is 42.5 Å². The molecule has 1 unspecified atom stereocenters. The molecule has 27 heavy (non-hydrogen) atoms. The molecule has 148 valence electrons. The maximum absolute atomic E-state index is 12.3. The van der Waals surface area contributed by atoms with E-state index in [2.05, 4.69) is 13.5 Å². The average Bonchev–Trinajstić information content (AvgIpc) is 2.63. The molecule has 0 radical (unpaired) electrons. The lowest BCUT2D eigenvalue weighted by Gasteiger charge is -2.28. The topological polar surface area (TPSA) is 101 Å². The largest absolute Gasteiger partial charge is 0.481 e. The van der Waals surface area contributed by atoms with Gasteiger partial charge in [-0.2, -0.15) is 0 Å². The number of para-hydroxylation sites is 1. The zero-order valence-electron chi connectivity index (χ0n) is 15.8. The molecule has 2 N–H and O–H groups in total. The van der Waals surface area contributed by atoms with Crippen molar-refractivity contribution in [2.75, 3.05) is 0 Å². The van der Waals surface area contributed by atoms with Gasteiger partial charge in [-0.3, -0.25) is 9.59 Å². The fourth-order valence-electron chi connectivity index (χ4n) is 2.97. The molecular weight excluding hydrogens is 348 g/mol. The zero-order chi connectivity index (χ0) is 20.3. The van der Waals surface area contributed by atoms with E-state index in [4.69, 9.17) is 4.74 Å². The minimum absolute atomic E-state index is 0.0312. The highest BCUT2D eigenvalue weighted by Gasteiger charge is 2.46. The lowest BCUT2D eigenvalue weighted by molar-refractivity contribution is -0.155. The first-order chi connectivity index (χ1) is 12.8. The van der Waals surface area contributed by atoms with Crippen molar-refractivity contribution in [2.45, 2.75) is 58.3 Å². The number of carbonyl (C=O) groups is 3. The molecule has 0 bridgehead atoms. The first-order valence-corrected chi connectivity index (χ1v) is 9.25. The van der Waals surface area contributed by atoms with Gasteiger partial charge in [-0.25, -0.2) is 4.79 Å². The van der Waals surface area contributed by atoms with Gasteiger partial charge in [-0.05, 0) is 18.6 Å². The molecule has 0 aliphatic heterocycles. The Labute approximate surface area is 159 Å². The number of esters is 1. The second-order valence-corrected chi connectivity index (χ2v) is 6.65. The van der Waals surface area contributed by atoms with E-state index in [0.717, 1.165) is 32.1 Å². The Balaban J connectivity index is 2.88. The zero-order valence-corrected chi connectivity index (χ0v) is 15.8. The standard InChI is InChI=1S/C21H28O6/c1-3-4-5-6-7-11-14-21(20(25)26,16(2)19(23)24)15-18(22)27-17-12-9-8-10-13-17/h8-10,12-13H,2-7,11,14-15H2,1H3,(H,23,24)(H,25,26). The summed E-state index contributed by atoms with van der Waals surface area (Å²) in [6.45, 7) is 5.55. The van der Waals surface area contributed by atoms with E-state index in [9.17, 15) is 24.6 Å². The minimum Gasteiger partial charge on any atom is -0.481 e. The number of aliphatic carboxylic acids is 2. The smallest absolute Gasteiger partial charge is 0.332 e. The lowest BCUT2D eigenvalue weighted by atomic mass is 9.73. The van der Waals surface area contributed by atoms with Crippen LogP contribution in [0.4, 0.5) is 0 Å². The fraction of sp³-hybridized carbons (Fsp3) is 0.476. The van der Waals surface area contributed by atoms with Gasteiger partial charge in [0.1, 0.15) is 11.2 Å². The number of ether oxygens (including phenoxy) is 1. The minimum atomic E-state index is -1.87. The van der Waals surface area contributed by atoms with Crippen molar-refractivity contribution < 1.29 is 29.3 Å². The molecule has 1 rings (SSSR count). The number of benzene rings is 1. The summed E-state index contributed by atoms with van der Waals surface area (Å²) in [4.78, 5) is 35.8. The Morgan fingerprint density at radius 2 is 1.59 bits per heavy atom. The third-order valence-corrected chi connectivity index (χ3v) is 4.62. The van der Waals surface area contributed by atoms with E-state index >= 15 is 0 Å². The van der Waals surface area contributed by atoms with Gasteiger partial charge in [-0.1, -0.05) is 70.2 Å². The van der Waals surface area contributed by atoms with Crippen LogP contribution < -0.4 is 4.74 Å². The number of carboxylic acids is 2. The van der Waals surface area contributed by atoms with Crippen molar-refractivity contribution in [1.82, 2.24) is 0 Å². The van der Waals surface area contributed by atoms with Crippen LogP contribution >= 0.6 is 0 Å². The van der Waals surface area contributed by atoms with Crippen LogP contribution in [0.15, 0.2) is 42.5 Å². The van der Waals surface area contributed by atoms with Gasteiger partial charge in [0, 0.05) is 5.57 Å². The molecule has 1 aromatic rings. The second-order valence-electron chi connectivity index (χ2n) is 6.65. The van der Waals surface area contributed by atoms with E-state index in [1.807, 2.05) is 0 Å². The van der Waals surface area contributed by atoms with E-state index in [-0.39, 0.29) is 12.2 Å². The Hall–Kier alpha value is -2.63. The Bertz CT molecular complexity index is 652. The first-order valence-electron chi connectivity index (χ1n) is 9.25. The highest BCUT2D eigenvalue weighted by molar-refractivity contribution is 5.98. The first kappa shape index (κ1) is 22.4. The molecule has 0 saturated carbocycles. The average molecular weight is 376 g/mol. The number of carbonyl (C=O) groups excluding carboxylic acids is 1. The fourth-order valence-corrected chi connectivity index (χ4v) is 2.97. The molecule has 0 aromatic heterocycles. The van der Waals surface area contributed by atoms with Gasteiger partial charge in [0.05, 0.1) is 6.42 Å². The summed E-state index contributed by atoms with van der Waals surface area (Å²) in [6.07, 6.45) is 4.93. The quantitative estimate of drug-likeness (QED) is 0.228. The van der Waals surface area contributed by atoms with Crippen LogP contribution in [0, 0.1) is 5.41 Å². The van der Waals surface area contributed by atoms with Crippen molar-refractivity contribution in [3.63, 3.8) is 0 Å². The molecule has 0 saturated heterocycles. The van der Waals surface area contributed by atoms with Gasteiger partial charge >= 0.3 is 17.9 Å². The van der Waals surface area contributed by atoms with Crippen LogP contribution in [0.5, 0.6) is 5.75 Å². The summed E-state index contributed by atoms with van der Waals surface area (Å²) >= 11 is 0. The third-order valence-electron chi connectivity index (χ3n) is 4.62. The number of rotatable bonds is 13. The predicted octanol–water partition coefficient (Wildman–Crippen LogP) is 4.44. The molecule has 0 heterocycles. The van der Waals surface area contributed by atoms with Crippen molar-refractivity contribution in [1.29, 1.82) is 0 Å². The van der Waals surface area contributed by atoms with Crippen LogP contribution in [-0.4, -0.2) is 28.1 Å².